The standard InChI is InChI=1S/C19Br37/c20-1-2(21,22)4(25,26)6(29,30)8(33,34)10(37,38)12(41,42)14(45,46)16(49,50)18(53,54)19(55,56)17(51,52)15(47,48)13(43,44)11(39,40)9(35,36)7(31,32)5(27,28)3(1,23)24. The number of halogens is 37. The highest BCUT2D eigenvalue weighted by Crippen LogP contribution is 2.85. The van der Waals surface area contributed by atoms with Gasteiger partial charge in [0.15, 0.2) is 0 Å². The van der Waals surface area contributed by atoms with Crippen LogP contribution < -0.4 is 0 Å². The van der Waals surface area contributed by atoms with E-state index in [0.717, 1.165) is 0 Å². The van der Waals surface area contributed by atoms with Gasteiger partial charge in [-0.1, -0.05) is 589 Å². The van der Waals surface area contributed by atoms with E-state index >= 15 is 0 Å². The summed E-state index contributed by atoms with van der Waals surface area (Å²) in [7, 11) is 0. The molecular weight excluding hydrogens is 3180 g/mol. The van der Waals surface area contributed by atoms with Crippen molar-refractivity contribution in [3.8, 4) is 0 Å². The molecule has 0 unspecified atom stereocenters. The molecule has 1 saturated carbocycles. The molecule has 1 aliphatic carbocycles. The van der Waals surface area contributed by atoms with Gasteiger partial charge in [0.2, 0.25) is 0 Å². The molecule has 0 spiro atoms. The van der Waals surface area contributed by atoms with Gasteiger partial charge in [0.1, 0.15) is 63.0 Å². The minimum Gasteiger partial charge on any atom is -0.0785 e. The summed E-state index contributed by atoms with van der Waals surface area (Å²) in [6.45, 7) is 0. The largest absolute Gasteiger partial charge is 0.135 e. The molecule has 0 aliphatic heterocycles. The molecule has 0 atom stereocenters. The predicted octanol–water partition coefficient (Wildman–Crippen LogP) is 27.7. The highest BCUT2D eigenvalue weighted by Gasteiger charge is 2.85. The van der Waals surface area contributed by atoms with Crippen LogP contribution in [-0.2, 0) is 0 Å². The number of rotatable bonds is 0. The third kappa shape index (κ3) is 10.8. The SMILES string of the molecule is Br[C]1C(Br)(Br)C(Br)(Br)C(Br)(Br)C(Br)(Br)C(Br)(Br)C(Br)(Br)C(Br)(Br)C(Br)(Br)C(Br)(Br)C(Br)(Br)C(Br)(Br)C(Br)(Br)C(Br)(Br)C(Br)(Br)C(Br)(Br)C(Br)(Br)C(Br)(Br)C1(Br)Br. The maximum Gasteiger partial charge on any atom is 0.135 e. The Hall–Kier alpha value is 17.8. The summed E-state index contributed by atoms with van der Waals surface area (Å²) in [5, 5.41) is 0. The Morgan fingerprint density at radius 1 is 0.143 bits per heavy atom. The fourth-order valence-electron chi connectivity index (χ4n) is 3.63. The van der Waals surface area contributed by atoms with Crippen LogP contribution in [0.15, 0.2) is 0 Å². The van der Waals surface area contributed by atoms with E-state index in [1.807, 2.05) is 0 Å². The normalized spacial score (nSPS) is 33.8. The summed E-state index contributed by atoms with van der Waals surface area (Å²) in [4.78, 5) is 0.519. The summed E-state index contributed by atoms with van der Waals surface area (Å²) in [6, 6.07) is 0. The Balaban J connectivity index is 4.92. The van der Waals surface area contributed by atoms with Crippen LogP contribution in [0.5, 0.6) is 0 Å². The van der Waals surface area contributed by atoms with Crippen LogP contribution in [0, 0.1) is 4.83 Å². The van der Waals surface area contributed by atoms with Crippen molar-refractivity contribution < 1.29 is 0 Å². The summed E-state index contributed by atoms with van der Waals surface area (Å²) < 4.78 is -23.8. The first-order valence-corrected chi connectivity index (χ1v) is 41.1. The van der Waals surface area contributed by atoms with Gasteiger partial charge < -0.3 is 0 Å². The first-order valence-electron chi connectivity index (χ1n) is 11.7. The van der Waals surface area contributed by atoms with Crippen molar-refractivity contribution in [1.82, 2.24) is 0 Å². The molecule has 335 valence electrons. The van der Waals surface area contributed by atoms with Gasteiger partial charge in [-0.3, -0.25) is 0 Å². The molecule has 56 heavy (non-hydrogen) atoms. The molecule has 0 amide bonds. The van der Waals surface area contributed by atoms with Gasteiger partial charge in [-0.15, -0.1) is 0 Å². The minimum absolute atomic E-state index is 0.519. The minimum atomic E-state index is -1.34. The molecule has 37 heteroatoms. The topological polar surface area (TPSA) is 0 Å². The second-order valence-corrected chi connectivity index (χ2v) is 73.4. The van der Waals surface area contributed by atoms with Crippen LogP contribution in [0.1, 0.15) is 0 Å². The lowest BCUT2D eigenvalue weighted by molar-refractivity contribution is 0.522. The zero-order valence-electron chi connectivity index (χ0n) is 23.5. The molecular formula is C19Br37. The van der Waals surface area contributed by atoms with Crippen LogP contribution in [0.2, 0.25) is 0 Å². The Morgan fingerprint density at radius 2 is 0.214 bits per heavy atom. The van der Waals surface area contributed by atoms with Crippen LogP contribution >= 0.6 is 589 Å². The lowest BCUT2D eigenvalue weighted by Gasteiger charge is -2.62. The third-order valence-corrected chi connectivity index (χ3v) is 88.8. The van der Waals surface area contributed by atoms with Gasteiger partial charge in [-0.25, -0.2) is 0 Å². The van der Waals surface area contributed by atoms with E-state index in [-0.39, 0.29) is 0 Å². The van der Waals surface area contributed by atoms with E-state index in [4.69, 9.17) is 0 Å². The van der Waals surface area contributed by atoms with Crippen molar-refractivity contribution in [2.45, 2.75) is 58.2 Å². The molecule has 1 fully saturated rings. The van der Waals surface area contributed by atoms with Gasteiger partial charge in [-0.2, -0.15) is 0 Å². The number of hydrogen-bond acceptors (Lipinski definition) is 0. The lowest BCUT2D eigenvalue weighted by Crippen LogP contribution is -2.73. The molecule has 0 saturated heterocycles. The molecule has 1 aliphatic rings. The Bertz CT molecular complexity index is 1380. The van der Waals surface area contributed by atoms with E-state index in [1.165, 1.54) is 0 Å². The molecule has 0 N–H and O–H groups in total. The highest BCUT2D eigenvalue weighted by molar-refractivity contribution is 9.40. The molecule has 0 aromatic carbocycles. The molecule has 0 bridgehead atoms. The smallest absolute Gasteiger partial charge is 0.0785 e. The molecule has 0 nitrogen and oxygen atoms in total. The monoisotopic (exact) mass is 3150 g/mol. The summed E-state index contributed by atoms with van der Waals surface area (Å²) in [5.41, 5.74) is 0. The third-order valence-electron chi connectivity index (χ3n) is 7.26. The molecule has 1 rings (SSSR count). The second kappa shape index (κ2) is 22.6. The van der Waals surface area contributed by atoms with Crippen LogP contribution in [-0.4, -0.2) is 58.2 Å². The van der Waals surface area contributed by atoms with Crippen molar-refractivity contribution >= 4 is 589 Å². The van der Waals surface area contributed by atoms with Gasteiger partial charge >= 0.3 is 0 Å². The van der Waals surface area contributed by atoms with E-state index in [2.05, 4.69) is 589 Å². The second-order valence-electron chi connectivity index (χ2n) is 10.7. The first-order chi connectivity index (χ1) is 23.4. The van der Waals surface area contributed by atoms with E-state index in [9.17, 15) is 0 Å². The molecule has 0 aromatic heterocycles. The summed E-state index contributed by atoms with van der Waals surface area (Å²) in [6.07, 6.45) is 0. The highest BCUT2D eigenvalue weighted by atomic mass is 80.0. The fraction of sp³-hybridized carbons (Fsp3) is 0.947. The van der Waals surface area contributed by atoms with E-state index in [0.29, 0.717) is 4.83 Å². The molecule has 1 radical (unpaired) electrons. The number of hydrogen-bond donors (Lipinski definition) is 0. The average molecular weight is 3180 g/mol. The van der Waals surface area contributed by atoms with E-state index in [1.54, 1.807) is 0 Å². The van der Waals surface area contributed by atoms with Crippen molar-refractivity contribution in [1.29, 1.82) is 0 Å². The Kier molecular flexibility index (Phi) is 29.0. The zero-order chi connectivity index (χ0) is 46.6. The van der Waals surface area contributed by atoms with Gasteiger partial charge in [0.05, 0.1) is 0 Å². The van der Waals surface area contributed by atoms with Crippen LogP contribution in [0.3, 0.4) is 0 Å². The van der Waals surface area contributed by atoms with E-state index < -0.39 is 58.2 Å². The predicted molar refractivity (Wildman–Crippen MR) is 383 cm³/mol. The maximum absolute atomic E-state index is 4.05. The molecule has 0 aromatic rings. The van der Waals surface area contributed by atoms with Crippen molar-refractivity contribution in [3.05, 3.63) is 4.83 Å². The van der Waals surface area contributed by atoms with Gasteiger partial charge in [0.25, 0.3) is 0 Å². The average Bonchev–Trinajstić information content (AvgIpc) is 2.98. The van der Waals surface area contributed by atoms with Crippen molar-refractivity contribution in [2.24, 2.45) is 0 Å². The van der Waals surface area contributed by atoms with Crippen molar-refractivity contribution in [2.75, 3.05) is 0 Å². The van der Waals surface area contributed by atoms with Crippen LogP contribution in [0.4, 0.5) is 0 Å². The maximum atomic E-state index is 4.05. The Labute approximate surface area is 635 Å². The Morgan fingerprint density at radius 3 is 0.304 bits per heavy atom. The number of alkyl halides is 36. The molecule has 0 heterocycles. The van der Waals surface area contributed by atoms with Crippen LogP contribution in [0.25, 0.3) is 0 Å². The summed E-state index contributed by atoms with van der Waals surface area (Å²) in [5.74, 6) is 0. The zero-order valence-corrected chi connectivity index (χ0v) is 82.2. The first kappa shape index (κ1) is 71.8. The van der Waals surface area contributed by atoms with Gasteiger partial charge in [0, 0.05) is 0 Å². The summed E-state index contributed by atoms with van der Waals surface area (Å²) >= 11 is 149. The van der Waals surface area contributed by atoms with Gasteiger partial charge in [-0.05, 0) is 0 Å². The lowest BCUT2D eigenvalue weighted by atomic mass is 10.0. The van der Waals surface area contributed by atoms with Crippen molar-refractivity contribution in [3.63, 3.8) is 0 Å². The fourth-order valence-corrected chi connectivity index (χ4v) is 44.4. The quantitative estimate of drug-likeness (QED) is 0.212.